The van der Waals surface area contributed by atoms with Gasteiger partial charge in [0.15, 0.2) is 0 Å². The molecule has 0 atom stereocenters. The zero-order chi connectivity index (χ0) is 11.2. The molecule has 0 radical (unpaired) electrons. The molecule has 0 aromatic rings. The summed E-state index contributed by atoms with van der Waals surface area (Å²) in [7, 11) is 0. The van der Waals surface area contributed by atoms with Gasteiger partial charge in [-0.1, -0.05) is 0 Å². The molecule has 80 valence electrons. The molecule has 0 saturated heterocycles. The van der Waals surface area contributed by atoms with Gasteiger partial charge in [-0.3, -0.25) is 4.89 Å². The average Bonchev–Trinajstić information content (AvgIpc) is 1.98. The van der Waals surface area contributed by atoms with Gasteiger partial charge >= 0.3 is 11.9 Å². The molecule has 0 aliphatic heterocycles. The number of carbonyl (C=O) groups is 2. The van der Waals surface area contributed by atoms with Crippen LogP contribution < -0.4 is 0 Å². The molecule has 6 heteroatoms. The molecule has 0 aromatic carbocycles. The van der Waals surface area contributed by atoms with Crippen molar-refractivity contribution in [2.75, 3.05) is 0 Å². The van der Waals surface area contributed by atoms with Gasteiger partial charge < -0.3 is 5.11 Å². The third kappa shape index (κ3) is 8.69. The molecule has 0 spiro atoms. The topological polar surface area (TPSA) is 82.1 Å². The van der Waals surface area contributed by atoms with Crippen molar-refractivity contribution in [1.29, 1.82) is 0 Å². The van der Waals surface area contributed by atoms with Gasteiger partial charge in [0.2, 0.25) is 0 Å². The van der Waals surface area contributed by atoms with E-state index >= 15 is 0 Å². The summed E-state index contributed by atoms with van der Waals surface area (Å²) in [6, 6.07) is 0. The van der Waals surface area contributed by atoms with Crippen LogP contribution in [-0.2, 0) is 24.4 Å². The standard InChI is InChI=1S/C8H12O6/c1-8(2,3)13-14-12-7(11)5-4-6(9)10/h4-5H,1-3H3,(H,9,10)/b5-4+. The van der Waals surface area contributed by atoms with Crippen LogP contribution in [0.15, 0.2) is 12.2 Å². The first-order chi connectivity index (χ1) is 6.31. The van der Waals surface area contributed by atoms with E-state index in [1.165, 1.54) is 0 Å². The van der Waals surface area contributed by atoms with Crippen molar-refractivity contribution in [1.82, 2.24) is 0 Å². The Bertz CT molecular complexity index is 237. The van der Waals surface area contributed by atoms with E-state index in [-0.39, 0.29) is 0 Å². The molecule has 0 fully saturated rings. The summed E-state index contributed by atoms with van der Waals surface area (Å²) in [5.41, 5.74) is -0.614. The van der Waals surface area contributed by atoms with Gasteiger partial charge in [0, 0.05) is 12.2 Å². The van der Waals surface area contributed by atoms with E-state index in [4.69, 9.17) is 5.11 Å². The quantitative estimate of drug-likeness (QED) is 0.415. The van der Waals surface area contributed by atoms with Crippen molar-refractivity contribution in [3.05, 3.63) is 12.2 Å². The Hall–Kier alpha value is -1.40. The molecular formula is C8H12O6. The van der Waals surface area contributed by atoms with Crippen LogP contribution in [0.5, 0.6) is 0 Å². The first kappa shape index (κ1) is 12.6. The Morgan fingerprint density at radius 3 is 2.21 bits per heavy atom. The molecule has 0 saturated carbocycles. The number of aliphatic carboxylic acids is 1. The minimum absolute atomic E-state index is 0.614. The average molecular weight is 204 g/mol. The molecule has 0 bridgehead atoms. The van der Waals surface area contributed by atoms with Crippen LogP contribution in [-0.4, -0.2) is 22.6 Å². The van der Waals surface area contributed by atoms with E-state index in [1.54, 1.807) is 20.8 Å². The largest absolute Gasteiger partial charge is 0.478 e. The lowest BCUT2D eigenvalue weighted by atomic mass is 10.2. The van der Waals surface area contributed by atoms with Gasteiger partial charge in [-0.15, -0.1) is 0 Å². The lowest BCUT2D eigenvalue weighted by Gasteiger charge is -2.14. The number of hydrogen-bond acceptors (Lipinski definition) is 5. The molecule has 0 aliphatic rings. The summed E-state index contributed by atoms with van der Waals surface area (Å²) in [6.07, 6.45) is 1.33. The Morgan fingerprint density at radius 1 is 1.21 bits per heavy atom. The molecule has 1 N–H and O–H groups in total. The lowest BCUT2D eigenvalue weighted by molar-refractivity contribution is -0.513. The van der Waals surface area contributed by atoms with Crippen LogP contribution in [0.4, 0.5) is 0 Å². The zero-order valence-corrected chi connectivity index (χ0v) is 8.14. The second kappa shape index (κ2) is 5.36. The summed E-state index contributed by atoms with van der Waals surface area (Å²) < 4.78 is 0. The Labute approximate surface area is 80.9 Å². The van der Waals surface area contributed by atoms with Crippen molar-refractivity contribution in [2.45, 2.75) is 26.4 Å². The van der Waals surface area contributed by atoms with E-state index in [1.807, 2.05) is 0 Å². The van der Waals surface area contributed by atoms with E-state index in [0.717, 1.165) is 0 Å². The van der Waals surface area contributed by atoms with Gasteiger partial charge in [0.25, 0.3) is 0 Å². The highest BCUT2D eigenvalue weighted by molar-refractivity contribution is 5.90. The van der Waals surface area contributed by atoms with Gasteiger partial charge in [-0.25, -0.2) is 9.59 Å². The summed E-state index contributed by atoms with van der Waals surface area (Å²) in [5, 5.41) is 12.2. The molecule has 0 rings (SSSR count). The fourth-order valence-corrected chi connectivity index (χ4v) is 0.320. The zero-order valence-electron chi connectivity index (χ0n) is 8.14. The third-order valence-corrected chi connectivity index (χ3v) is 0.762. The monoisotopic (exact) mass is 204 g/mol. The summed E-state index contributed by atoms with van der Waals surface area (Å²) in [5.74, 6) is -2.21. The van der Waals surface area contributed by atoms with Crippen LogP contribution in [0.25, 0.3) is 0 Å². The maximum atomic E-state index is 10.7. The Kier molecular flexibility index (Phi) is 4.82. The second-order valence-corrected chi connectivity index (χ2v) is 3.34. The van der Waals surface area contributed by atoms with Crippen molar-refractivity contribution in [3.63, 3.8) is 0 Å². The molecule has 0 aromatic heterocycles. The molecule has 0 amide bonds. The fraction of sp³-hybridized carbons (Fsp3) is 0.500. The number of carboxylic acids is 1. The predicted octanol–water partition coefficient (Wildman–Crippen LogP) is 0.832. The fourth-order valence-electron chi connectivity index (χ4n) is 0.320. The highest BCUT2D eigenvalue weighted by Crippen LogP contribution is 2.06. The first-order valence-corrected chi connectivity index (χ1v) is 3.78. The van der Waals surface area contributed by atoms with Crippen LogP contribution in [0.2, 0.25) is 0 Å². The minimum Gasteiger partial charge on any atom is -0.478 e. The smallest absolute Gasteiger partial charge is 0.369 e. The van der Waals surface area contributed by atoms with Gasteiger partial charge in [-0.2, -0.15) is 4.89 Å². The molecule has 0 unspecified atom stereocenters. The third-order valence-electron chi connectivity index (χ3n) is 0.762. The maximum Gasteiger partial charge on any atom is 0.369 e. The summed E-state index contributed by atoms with van der Waals surface area (Å²) >= 11 is 0. The predicted molar refractivity (Wildman–Crippen MR) is 44.8 cm³/mol. The number of hydrogen-bond donors (Lipinski definition) is 1. The Balaban J connectivity index is 3.71. The molecular weight excluding hydrogens is 192 g/mol. The molecule has 6 nitrogen and oxygen atoms in total. The van der Waals surface area contributed by atoms with Crippen molar-refractivity contribution < 1.29 is 29.5 Å². The normalized spacial score (nSPS) is 11.6. The minimum atomic E-state index is -1.25. The van der Waals surface area contributed by atoms with E-state index in [9.17, 15) is 9.59 Å². The number of rotatable bonds is 4. The van der Waals surface area contributed by atoms with E-state index in [2.05, 4.69) is 14.8 Å². The van der Waals surface area contributed by atoms with Gasteiger partial charge in [0.05, 0.1) is 5.60 Å². The maximum absolute atomic E-state index is 10.7. The van der Waals surface area contributed by atoms with Crippen molar-refractivity contribution in [2.24, 2.45) is 0 Å². The Morgan fingerprint density at radius 2 is 1.79 bits per heavy atom. The highest BCUT2D eigenvalue weighted by atomic mass is 17.5. The summed E-state index contributed by atoms with van der Waals surface area (Å²) in [6.45, 7) is 5.07. The van der Waals surface area contributed by atoms with Crippen LogP contribution in [0.3, 0.4) is 0 Å². The second-order valence-electron chi connectivity index (χ2n) is 3.34. The lowest BCUT2D eigenvalue weighted by Crippen LogP contribution is -2.20. The number of carboxylic acid groups (broad SMARTS) is 1. The molecule has 0 aliphatic carbocycles. The van der Waals surface area contributed by atoms with Gasteiger partial charge in [-0.05, 0) is 25.8 Å². The summed E-state index contributed by atoms with van der Waals surface area (Å²) in [4.78, 5) is 29.3. The van der Waals surface area contributed by atoms with Crippen LogP contribution in [0.1, 0.15) is 20.8 Å². The van der Waals surface area contributed by atoms with Crippen LogP contribution >= 0.6 is 0 Å². The van der Waals surface area contributed by atoms with E-state index in [0.29, 0.717) is 12.2 Å². The van der Waals surface area contributed by atoms with Crippen LogP contribution in [0, 0.1) is 0 Å². The molecule has 0 heterocycles. The van der Waals surface area contributed by atoms with Gasteiger partial charge in [0.1, 0.15) is 0 Å². The SMILES string of the molecule is CC(C)(C)OOOC(=O)/C=C/C(=O)O. The van der Waals surface area contributed by atoms with Crippen molar-refractivity contribution in [3.8, 4) is 0 Å². The number of carbonyl (C=O) groups excluding carboxylic acids is 1. The van der Waals surface area contributed by atoms with Crippen molar-refractivity contribution >= 4 is 11.9 Å². The molecule has 14 heavy (non-hydrogen) atoms. The highest BCUT2D eigenvalue weighted by Gasteiger charge is 2.13. The first-order valence-electron chi connectivity index (χ1n) is 3.78. The van der Waals surface area contributed by atoms with E-state index < -0.39 is 17.5 Å².